The standard InChI is InChI=1S/C19H15FN4O2S2/c20-12-4-3-5-13(10-12)21-16(25)11-27-19-24-23-17(26-19)8-9-18-22-14-6-1-2-7-15(14)28-18/h1-7,10H,8-9,11H2,(H,21,25). The number of thioether (sulfide) groups is 1. The number of nitrogens with zero attached hydrogens (tertiary/aromatic N) is 3. The molecule has 0 saturated heterocycles. The molecular formula is C19H15FN4O2S2. The largest absolute Gasteiger partial charge is 0.416 e. The van der Waals surface area contributed by atoms with Crippen LogP contribution in [0.1, 0.15) is 10.9 Å². The first-order valence-corrected chi connectivity index (χ1v) is 10.3. The molecule has 0 spiro atoms. The minimum Gasteiger partial charge on any atom is -0.416 e. The van der Waals surface area contributed by atoms with Gasteiger partial charge >= 0.3 is 0 Å². The Bertz CT molecular complexity index is 1080. The molecule has 1 N–H and O–H groups in total. The zero-order chi connectivity index (χ0) is 19.3. The number of aromatic nitrogens is 3. The Balaban J connectivity index is 1.27. The molecule has 142 valence electrons. The van der Waals surface area contributed by atoms with Crippen molar-refractivity contribution in [2.45, 2.75) is 18.1 Å². The van der Waals surface area contributed by atoms with E-state index in [1.807, 2.05) is 24.3 Å². The minimum atomic E-state index is -0.403. The van der Waals surface area contributed by atoms with Crippen LogP contribution in [0.3, 0.4) is 0 Å². The maximum atomic E-state index is 13.1. The fourth-order valence-corrected chi connectivity index (χ4v) is 4.08. The average molecular weight is 414 g/mol. The lowest BCUT2D eigenvalue weighted by Crippen LogP contribution is -2.14. The van der Waals surface area contributed by atoms with Gasteiger partial charge in [-0.05, 0) is 30.3 Å². The van der Waals surface area contributed by atoms with Gasteiger partial charge in [0.2, 0.25) is 11.8 Å². The van der Waals surface area contributed by atoms with Gasteiger partial charge in [-0.15, -0.1) is 21.5 Å². The highest BCUT2D eigenvalue weighted by Gasteiger charge is 2.11. The number of hydrogen-bond acceptors (Lipinski definition) is 7. The molecule has 1 amide bonds. The third-order valence-corrected chi connectivity index (χ3v) is 5.69. The van der Waals surface area contributed by atoms with Gasteiger partial charge in [-0.1, -0.05) is 30.0 Å². The molecule has 9 heteroatoms. The van der Waals surface area contributed by atoms with Crippen molar-refractivity contribution in [1.29, 1.82) is 0 Å². The summed E-state index contributed by atoms with van der Waals surface area (Å²) < 4.78 is 19.9. The number of thiazole rings is 1. The quantitative estimate of drug-likeness (QED) is 0.453. The summed E-state index contributed by atoms with van der Waals surface area (Å²) >= 11 is 2.79. The number of nitrogens with one attached hydrogen (secondary N) is 1. The molecule has 0 atom stereocenters. The lowest BCUT2D eigenvalue weighted by atomic mass is 10.3. The van der Waals surface area contributed by atoms with E-state index in [4.69, 9.17) is 4.42 Å². The van der Waals surface area contributed by atoms with Crippen LogP contribution in [-0.4, -0.2) is 26.8 Å². The van der Waals surface area contributed by atoms with Crippen molar-refractivity contribution in [2.24, 2.45) is 0 Å². The number of amides is 1. The number of fused-ring (bicyclic) bond motifs is 1. The highest BCUT2D eigenvalue weighted by molar-refractivity contribution is 7.99. The van der Waals surface area contributed by atoms with Crippen LogP contribution in [0.25, 0.3) is 10.2 Å². The Hall–Kier alpha value is -2.78. The van der Waals surface area contributed by atoms with Crippen LogP contribution in [0.4, 0.5) is 10.1 Å². The molecule has 2 heterocycles. The molecule has 0 radical (unpaired) electrons. The number of anilines is 1. The van der Waals surface area contributed by atoms with Gasteiger partial charge in [0.1, 0.15) is 5.82 Å². The number of para-hydroxylation sites is 1. The summed E-state index contributed by atoms with van der Waals surface area (Å²) in [5.41, 5.74) is 1.40. The van der Waals surface area contributed by atoms with E-state index in [0.717, 1.165) is 27.0 Å². The first kappa shape index (κ1) is 18.6. The maximum absolute atomic E-state index is 13.1. The summed E-state index contributed by atoms with van der Waals surface area (Å²) in [6.07, 6.45) is 1.30. The summed E-state index contributed by atoms with van der Waals surface area (Å²) in [4.78, 5) is 16.5. The maximum Gasteiger partial charge on any atom is 0.277 e. The third-order valence-electron chi connectivity index (χ3n) is 3.77. The molecule has 0 bridgehead atoms. The minimum absolute atomic E-state index is 0.0933. The van der Waals surface area contributed by atoms with Gasteiger partial charge in [0.05, 0.1) is 21.0 Å². The molecule has 2 aromatic heterocycles. The van der Waals surface area contributed by atoms with Gasteiger partial charge in [-0.25, -0.2) is 9.37 Å². The second kappa shape index (κ2) is 8.49. The summed E-state index contributed by atoms with van der Waals surface area (Å²) in [5.74, 6) is -0.0759. The summed E-state index contributed by atoms with van der Waals surface area (Å²) in [6, 6.07) is 13.7. The van der Waals surface area contributed by atoms with Crippen molar-refractivity contribution in [3.05, 3.63) is 65.2 Å². The van der Waals surface area contributed by atoms with E-state index < -0.39 is 5.82 Å². The number of benzene rings is 2. The Morgan fingerprint density at radius 1 is 1.14 bits per heavy atom. The van der Waals surface area contributed by atoms with Crippen molar-refractivity contribution < 1.29 is 13.6 Å². The fraction of sp³-hybridized carbons (Fsp3) is 0.158. The van der Waals surface area contributed by atoms with Crippen LogP contribution >= 0.6 is 23.1 Å². The van der Waals surface area contributed by atoms with Gasteiger partial charge in [-0.2, -0.15) is 0 Å². The molecule has 4 rings (SSSR count). The van der Waals surface area contributed by atoms with E-state index in [0.29, 0.717) is 29.6 Å². The normalized spacial score (nSPS) is 11.0. The first-order valence-electron chi connectivity index (χ1n) is 8.51. The van der Waals surface area contributed by atoms with Gasteiger partial charge in [0.25, 0.3) is 5.22 Å². The molecule has 6 nitrogen and oxygen atoms in total. The van der Waals surface area contributed by atoms with Crippen LogP contribution in [0.5, 0.6) is 0 Å². The van der Waals surface area contributed by atoms with Crippen molar-refractivity contribution in [3.63, 3.8) is 0 Å². The second-order valence-corrected chi connectivity index (χ2v) is 7.93. The first-order chi connectivity index (χ1) is 13.7. The Morgan fingerprint density at radius 3 is 2.89 bits per heavy atom. The van der Waals surface area contributed by atoms with Crippen molar-refractivity contribution in [3.8, 4) is 0 Å². The summed E-state index contributed by atoms with van der Waals surface area (Å²) in [5, 5.41) is 11.9. The van der Waals surface area contributed by atoms with E-state index in [2.05, 4.69) is 20.5 Å². The Kier molecular flexibility index (Phi) is 5.63. The van der Waals surface area contributed by atoms with Crippen LogP contribution in [0.15, 0.2) is 58.2 Å². The van der Waals surface area contributed by atoms with E-state index >= 15 is 0 Å². The third kappa shape index (κ3) is 4.73. The number of rotatable bonds is 7. The van der Waals surface area contributed by atoms with Gasteiger partial charge in [0.15, 0.2) is 0 Å². The predicted octanol–water partition coefficient (Wildman–Crippen LogP) is 4.33. The van der Waals surface area contributed by atoms with E-state index in [1.165, 1.54) is 18.2 Å². The van der Waals surface area contributed by atoms with E-state index in [-0.39, 0.29) is 11.7 Å². The zero-order valence-electron chi connectivity index (χ0n) is 14.6. The second-order valence-electron chi connectivity index (χ2n) is 5.88. The van der Waals surface area contributed by atoms with Gasteiger partial charge < -0.3 is 9.73 Å². The molecule has 4 aromatic rings. The molecule has 0 fully saturated rings. The van der Waals surface area contributed by atoms with Crippen LogP contribution in [-0.2, 0) is 17.6 Å². The van der Waals surface area contributed by atoms with Crippen LogP contribution in [0.2, 0.25) is 0 Å². The predicted molar refractivity (Wildman–Crippen MR) is 107 cm³/mol. The van der Waals surface area contributed by atoms with E-state index in [9.17, 15) is 9.18 Å². The number of aryl methyl sites for hydroxylation is 2. The van der Waals surface area contributed by atoms with Crippen molar-refractivity contribution >= 4 is 44.9 Å². The Morgan fingerprint density at radius 2 is 2.04 bits per heavy atom. The zero-order valence-corrected chi connectivity index (χ0v) is 16.2. The topological polar surface area (TPSA) is 80.9 Å². The smallest absolute Gasteiger partial charge is 0.277 e. The molecule has 0 aliphatic rings. The van der Waals surface area contributed by atoms with E-state index in [1.54, 1.807) is 17.4 Å². The molecule has 0 saturated carbocycles. The van der Waals surface area contributed by atoms with Crippen molar-refractivity contribution in [1.82, 2.24) is 15.2 Å². The number of hydrogen-bond donors (Lipinski definition) is 1. The summed E-state index contributed by atoms with van der Waals surface area (Å²) in [6.45, 7) is 0. The SMILES string of the molecule is O=C(CSc1nnc(CCc2nc3ccccc3s2)o1)Nc1cccc(F)c1. The highest BCUT2D eigenvalue weighted by atomic mass is 32.2. The highest BCUT2D eigenvalue weighted by Crippen LogP contribution is 2.23. The molecular weight excluding hydrogens is 399 g/mol. The number of carbonyl (C=O) groups is 1. The lowest BCUT2D eigenvalue weighted by Gasteiger charge is -2.03. The fourth-order valence-electron chi connectivity index (χ4n) is 2.53. The van der Waals surface area contributed by atoms with Crippen molar-refractivity contribution in [2.75, 3.05) is 11.1 Å². The van der Waals surface area contributed by atoms with Gasteiger partial charge in [-0.3, -0.25) is 4.79 Å². The molecule has 0 aliphatic heterocycles. The van der Waals surface area contributed by atoms with Gasteiger partial charge in [0, 0.05) is 18.5 Å². The average Bonchev–Trinajstić information content (AvgIpc) is 3.31. The molecule has 28 heavy (non-hydrogen) atoms. The number of carbonyl (C=O) groups excluding carboxylic acids is 1. The molecule has 0 aliphatic carbocycles. The Labute approximate surface area is 168 Å². The lowest BCUT2D eigenvalue weighted by molar-refractivity contribution is -0.113. The monoisotopic (exact) mass is 414 g/mol. The molecule has 2 aromatic carbocycles. The molecule has 0 unspecified atom stereocenters. The summed E-state index contributed by atoms with van der Waals surface area (Å²) in [7, 11) is 0. The van der Waals surface area contributed by atoms with Crippen LogP contribution in [0, 0.1) is 5.82 Å². The van der Waals surface area contributed by atoms with Crippen LogP contribution < -0.4 is 5.32 Å². The number of halogens is 1.